The lowest BCUT2D eigenvalue weighted by Gasteiger charge is -2.33. The molecule has 21 heavy (non-hydrogen) atoms. The van der Waals surface area contributed by atoms with E-state index in [1.54, 1.807) is 12.0 Å². The number of carbonyl (C=O) groups excluding carboxylic acids is 1. The monoisotopic (exact) mass is 291 g/mol. The number of carbonyl (C=O) groups is 1. The van der Waals surface area contributed by atoms with Gasteiger partial charge in [0.1, 0.15) is 5.75 Å². The Hall–Kier alpha value is -1.59. The molecule has 1 aromatic carbocycles. The molecule has 2 atom stereocenters. The molecule has 1 aromatic rings. The quantitative estimate of drug-likeness (QED) is 0.887. The Labute approximate surface area is 126 Å². The second-order valence-corrected chi connectivity index (χ2v) is 5.65. The molecule has 1 aliphatic heterocycles. The molecule has 1 saturated heterocycles. The van der Waals surface area contributed by atoms with E-state index in [4.69, 9.17) is 10.5 Å². The van der Waals surface area contributed by atoms with Crippen molar-refractivity contribution in [1.29, 1.82) is 0 Å². The zero-order valence-corrected chi connectivity index (χ0v) is 13.1. The Morgan fingerprint density at radius 1 is 1.43 bits per heavy atom. The summed E-state index contributed by atoms with van der Waals surface area (Å²) in [5.74, 6) is 0.997. The van der Waals surface area contributed by atoms with Gasteiger partial charge in [-0.3, -0.25) is 9.69 Å². The van der Waals surface area contributed by atoms with Gasteiger partial charge in [0.2, 0.25) is 5.91 Å². The van der Waals surface area contributed by atoms with Gasteiger partial charge >= 0.3 is 0 Å². The molecule has 1 fully saturated rings. The Kier molecular flexibility index (Phi) is 5.20. The van der Waals surface area contributed by atoms with Crippen molar-refractivity contribution in [2.75, 3.05) is 34.3 Å². The molecule has 2 N–H and O–H groups in total. The molecule has 1 aliphatic rings. The second kappa shape index (κ2) is 6.91. The molecule has 0 saturated carbocycles. The Balaban J connectivity index is 2.20. The number of nitrogens with two attached hydrogens (primary N) is 1. The van der Waals surface area contributed by atoms with Gasteiger partial charge in [-0.25, -0.2) is 0 Å². The molecule has 5 heteroatoms. The number of hydrogen-bond acceptors (Lipinski definition) is 4. The average Bonchev–Trinajstić information content (AvgIpc) is 2.97. The van der Waals surface area contributed by atoms with Crippen LogP contribution in [0.5, 0.6) is 5.75 Å². The molecule has 0 bridgehead atoms. The summed E-state index contributed by atoms with van der Waals surface area (Å²) >= 11 is 0. The van der Waals surface area contributed by atoms with Crippen LogP contribution in [0.1, 0.15) is 24.4 Å². The molecule has 2 unspecified atom stereocenters. The normalized spacial score (nSPS) is 20.3. The molecular weight excluding hydrogens is 266 g/mol. The van der Waals surface area contributed by atoms with E-state index in [0.29, 0.717) is 6.54 Å². The van der Waals surface area contributed by atoms with E-state index in [0.717, 1.165) is 30.7 Å². The van der Waals surface area contributed by atoms with Gasteiger partial charge in [0.25, 0.3) is 0 Å². The zero-order chi connectivity index (χ0) is 15.4. The minimum absolute atomic E-state index is 0.0596. The Morgan fingerprint density at radius 2 is 2.10 bits per heavy atom. The number of likely N-dealkylation sites (N-methyl/N-ethyl adjacent to an activating group) is 1. The first-order valence-electron chi connectivity index (χ1n) is 7.39. The smallest absolute Gasteiger partial charge is 0.239 e. The van der Waals surface area contributed by atoms with E-state index in [1.165, 1.54) is 0 Å². The second-order valence-electron chi connectivity index (χ2n) is 5.65. The third kappa shape index (κ3) is 3.36. The SMILES string of the molecule is COc1ccc(C(CN)N2CCCC2C(=O)N(C)C)cc1. The van der Waals surface area contributed by atoms with Gasteiger partial charge in [0.15, 0.2) is 0 Å². The first-order chi connectivity index (χ1) is 10.1. The minimum Gasteiger partial charge on any atom is -0.497 e. The third-order valence-corrected chi connectivity index (χ3v) is 4.14. The van der Waals surface area contributed by atoms with Crippen LogP contribution < -0.4 is 10.5 Å². The van der Waals surface area contributed by atoms with Crippen molar-refractivity contribution >= 4 is 5.91 Å². The predicted octanol–water partition coefficient (Wildman–Crippen LogP) is 1.25. The summed E-state index contributed by atoms with van der Waals surface area (Å²) in [6.07, 6.45) is 1.95. The van der Waals surface area contributed by atoms with Crippen LogP contribution in [-0.2, 0) is 4.79 Å². The summed E-state index contributed by atoms with van der Waals surface area (Å²) in [4.78, 5) is 16.2. The maximum absolute atomic E-state index is 12.3. The fourth-order valence-corrected chi connectivity index (χ4v) is 3.01. The van der Waals surface area contributed by atoms with Crippen LogP contribution in [-0.4, -0.2) is 56.0 Å². The predicted molar refractivity (Wildman–Crippen MR) is 83.2 cm³/mol. The topological polar surface area (TPSA) is 58.8 Å². The van der Waals surface area contributed by atoms with Crippen molar-refractivity contribution < 1.29 is 9.53 Å². The molecular formula is C16H25N3O2. The molecule has 116 valence electrons. The van der Waals surface area contributed by atoms with Gasteiger partial charge in [0, 0.05) is 26.7 Å². The summed E-state index contributed by atoms with van der Waals surface area (Å²) in [5.41, 5.74) is 7.13. The number of rotatable bonds is 5. The van der Waals surface area contributed by atoms with Gasteiger partial charge < -0.3 is 15.4 Å². The highest BCUT2D eigenvalue weighted by atomic mass is 16.5. The molecule has 0 spiro atoms. The van der Waals surface area contributed by atoms with Gasteiger partial charge in [-0.1, -0.05) is 12.1 Å². The van der Waals surface area contributed by atoms with Crippen molar-refractivity contribution in [2.45, 2.75) is 24.9 Å². The minimum atomic E-state index is -0.0596. The van der Waals surface area contributed by atoms with Crippen molar-refractivity contribution in [1.82, 2.24) is 9.80 Å². The number of ether oxygens (including phenoxy) is 1. The zero-order valence-electron chi connectivity index (χ0n) is 13.1. The third-order valence-electron chi connectivity index (χ3n) is 4.14. The number of likely N-dealkylation sites (tertiary alicyclic amines) is 1. The van der Waals surface area contributed by atoms with Crippen molar-refractivity contribution in [3.8, 4) is 5.75 Å². The summed E-state index contributed by atoms with van der Waals surface area (Å²) in [6.45, 7) is 1.42. The maximum atomic E-state index is 12.3. The Bertz CT molecular complexity index is 473. The number of amides is 1. The molecule has 0 aromatic heterocycles. The highest BCUT2D eigenvalue weighted by Crippen LogP contribution is 2.30. The summed E-state index contributed by atoms with van der Waals surface area (Å²) in [7, 11) is 5.27. The standard InChI is InChI=1S/C16H25N3O2/c1-18(2)16(20)14-5-4-10-19(14)15(11-17)12-6-8-13(21-3)9-7-12/h6-9,14-15H,4-5,10-11,17H2,1-3H3. The van der Waals surface area contributed by atoms with Crippen molar-refractivity contribution in [3.63, 3.8) is 0 Å². The summed E-state index contributed by atoms with van der Waals surface area (Å²) in [5, 5.41) is 0. The van der Waals surface area contributed by atoms with Crippen LogP contribution in [0.15, 0.2) is 24.3 Å². The lowest BCUT2D eigenvalue weighted by atomic mass is 10.0. The molecule has 1 heterocycles. The van der Waals surface area contributed by atoms with Crippen LogP contribution in [0, 0.1) is 0 Å². The van der Waals surface area contributed by atoms with Gasteiger partial charge in [-0.2, -0.15) is 0 Å². The molecule has 0 aliphatic carbocycles. The maximum Gasteiger partial charge on any atom is 0.239 e. The van der Waals surface area contributed by atoms with E-state index >= 15 is 0 Å². The highest BCUT2D eigenvalue weighted by molar-refractivity contribution is 5.81. The van der Waals surface area contributed by atoms with Gasteiger partial charge in [-0.15, -0.1) is 0 Å². The molecule has 1 amide bonds. The first-order valence-corrected chi connectivity index (χ1v) is 7.39. The van der Waals surface area contributed by atoms with E-state index in [1.807, 2.05) is 38.4 Å². The largest absolute Gasteiger partial charge is 0.497 e. The molecule has 5 nitrogen and oxygen atoms in total. The fraction of sp³-hybridized carbons (Fsp3) is 0.562. The van der Waals surface area contributed by atoms with E-state index in [-0.39, 0.29) is 18.0 Å². The fourth-order valence-electron chi connectivity index (χ4n) is 3.01. The van der Waals surface area contributed by atoms with Crippen LogP contribution in [0.2, 0.25) is 0 Å². The Morgan fingerprint density at radius 3 is 2.62 bits per heavy atom. The summed E-state index contributed by atoms with van der Waals surface area (Å²) < 4.78 is 5.19. The molecule has 0 radical (unpaired) electrons. The van der Waals surface area contributed by atoms with Crippen LogP contribution >= 0.6 is 0 Å². The lowest BCUT2D eigenvalue weighted by Crippen LogP contribution is -2.45. The number of nitrogens with zero attached hydrogens (tertiary/aromatic N) is 2. The number of benzene rings is 1. The van der Waals surface area contributed by atoms with Crippen molar-refractivity contribution in [2.24, 2.45) is 5.73 Å². The van der Waals surface area contributed by atoms with E-state index in [2.05, 4.69) is 4.90 Å². The average molecular weight is 291 g/mol. The lowest BCUT2D eigenvalue weighted by molar-refractivity contribution is -0.134. The van der Waals surface area contributed by atoms with Gasteiger partial charge in [0.05, 0.1) is 13.2 Å². The van der Waals surface area contributed by atoms with Crippen LogP contribution in [0.25, 0.3) is 0 Å². The highest BCUT2D eigenvalue weighted by Gasteiger charge is 2.36. The van der Waals surface area contributed by atoms with E-state index < -0.39 is 0 Å². The van der Waals surface area contributed by atoms with Crippen LogP contribution in [0.3, 0.4) is 0 Å². The first kappa shape index (κ1) is 15.8. The van der Waals surface area contributed by atoms with E-state index in [9.17, 15) is 4.79 Å². The number of hydrogen-bond donors (Lipinski definition) is 1. The molecule has 2 rings (SSSR count). The summed E-state index contributed by atoms with van der Waals surface area (Å²) in [6, 6.07) is 7.97. The van der Waals surface area contributed by atoms with Crippen molar-refractivity contribution in [3.05, 3.63) is 29.8 Å². The number of methoxy groups -OCH3 is 1. The van der Waals surface area contributed by atoms with Crippen LogP contribution in [0.4, 0.5) is 0 Å². The van der Waals surface area contributed by atoms with Gasteiger partial charge in [-0.05, 0) is 37.1 Å².